The molecule has 2 amide bonds. The number of hydrogen-bond donors (Lipinski definition) is 0. The summed E-state index contributed by atoms with van der Waals surface area (Å²) in [6.45, 7) is 11.9. The van der Waals surface area contributed by atoms with Crippen LogP contribution >= 0.6 is 0 Å². The van der Waals surface area contributed by atoms with Crippen molar-refractivity contribution in [1.82, 2.24) is 5.16 Å². The number of hydrogen-bond acceptors (Lipinski definition) is 6. The number of benzene rings is 1. The molecule has 2 aromatic rings. The van der Waals surface area contributed by atoms with Crippen LogP contribution < -0.4 is 4.90 Å². The van der Waals surface area contributed by atoms with Crippen LogP contribution in [0.25, 0.3) is 12.2 Å². The zero-order chi connectivity index (χ0) is 21.8. The van der Waals surface area contributed by atoms with Crippen LogP contribution in [0.1, 0.15) is 58.6 Å². The molecule has 0 bridgehead atoms. The fraction of sp³-hybridized carbons (Fsp3) is 0.409. The minimum atomic E-state index is -0.868. The number of rotatable bonds is 3. The van der Waals surface area contributed by atoms with Gasteiger partial charge >= 0.3 is 12.2 Å². The Morgan fingerprint density at radius 1 is 0.931 bits per heavy atom. The lowest BCUT2D eigenvalue weighted by Gasteiger charge is -2.28. The summed E-state index contributed by atoms with van der Waals surface area (Å²) in [6, 6.07) is 9.55. The van der Waals surface area contributed by atoms with Crippen LogP contribution in [-0.4, -0.2) is 28.5 Å². The molecule has 0 aliphatic carbocycles. The molecule has 0 saturated carbocycles. The van der Waals surface area contributed by atoms with Gasteiger partial charge in [-0.2, -0.15) is 4.90 Å². The van der Waals surface area contributed by atoms with Crippen molar-refractivity contribution in [2.45, 2.75) is 59.7 Å². The SMILES string of the molecule is Cc1noc(/C=C/c2ccccc2)c1N(C(=O)OC(C)(C)C)C(=O)OC(C)(C)C. The van der Waals surface area contributed by atoms with E-state index in [9.17, 15) is 9.59 Å². The zero-order valence-electron chi connectivity index (χ0n) is 18.0. The van der Waals surface area contributed by atoms with E-state index in [4.69, 9.17) is 14.0 Å². The van der Waals surface area contributed by atoms with Gasteiger partial charge < -0.3 is 14.0 Å². The average Bonchev–Trinajstić information content (AvgIpc) is 2.92. The third-order valence-electron chi connectivity index (χ3n) is 3.46. The van der Waals surface area contributed by atoms with E-state index in [-0.39, 0.29) is 11.4 Å². The Morgan fingerprint density at radius 2 is 1.45 bits per heavy atom. The first-order valence-corrected chi connectivity index (χ1v) is 9.33. The number of anilines is 1. The summed E-state index contributed by atoms with van der Waals surface area (Å²) in [4.78, 5) is 26.6. The molecule has 29 heavy (non-hydrogen) atoms. The molecule has 1 aromatic heterocycles. The molecular weight excluding hydrogens is 372 g/mol. The molecule has 7 nitrogen and oxygen atoms in total. The summed E-state index contributed by atoms with van der Waals surface area (Å²) in [5.74, 6) is 0.239. The Hall–Kier alpha value is -3.09. The lowest BCUT2D eigenvalue weighted by atomic mass is 10.2. The van der Waals surface area contributed by atoms with Crippen molar-refractivity contribution in [1.29, 1.82) is 0 Å². The molecule has 0 aliphatic heterocycles. The van der Waals surface area contributed by atoms with Gasteiger partial charge in [-0.3, -0.25) is 0 Å². The zero-order valence-corrected chi connectivity index (χ0v) is 18.0. The number of ether oxygens (including phenoxy) is 2. The largest absolute Gasteiger partial charge is 0.443 e. The summed E-state index contributed by atoms with van der Waals surface area (Å²) >= 11 is 0. The maximum absolute atomic E-state index is 12.9. The molecule has 156 valence electrons. The number of carbonyl (C=O) groups excluding carboxylic acids is 2. The number of carbonyl (C=O) groups is 2. The molecular formula is C22H28N2O5. The molecule has 0 fully saturated rings. The molecule has 0 unspecified atom stereocenters. The van der Waals surface area contributed by atoms with Crippen LogP contribution in [0.15, 0.2) is 34.9 Å². The van der Waals surface area contributed by atoms with Gasteiger partial charge in [0, 0.05) is 0 Å². The van der Waals surface area contributed by atoms with Crippen molar-refractivity contribution in [3.05, 3.63) is 47.3 Å². The summed E-state index contributed by atoms with van der Waals surface area (Å²) in [5.41, 5.74) is -0.144. The Bertz CT molecular complexity index is 858. The van der Waals surface area contributed by atoms with Gasteiger partial charge in [0.1, 0.15) is 22.6 Å². The Kier molecular flexibility index (Phi) is 6.51. The fourth-order valence-corrected chi connectivity index (χ4v) is 2.37. The van der Waals surface area contributed by atoms with Crippen molar-refractivity contribution < 1.29 is 23.6 Å². The maximum atomic E-state index is 12.9. The molecule has 2 rings (SSSR count). The summed E-state index contributed by atoms with van der Waals surface area (Å²) in [7, 11) is 0. The first-order valence-electron chi connectivity index (χ1n) is 9.33. The topological polar surface area (TPSA) is 81.9 Å². The predicted octanol–water partition coefficient (Wildman–Crippen LogP) is 5.83. The Morgan fingerprint density at radius 3 is 1.93 bits per heavy atom. The second kappa shape index (κ2) is 8.51. The quantitative estimate of drug-likeness (QED) is 0.645. The second-order valence-corrected chi connectivity index (χ2v) is 8.52. The number of nitrogens with zero attached hydrogens (tertiary/aromatic N) is 2. The van der Waals surface area contributed by atoms with Crippen LogP contribution in [-0.2, 0) is 9.47 Å². The van der Waals surface area contributed by atoms with E-state index in [1.54, 1.807) is 60.6 Å². The van der Waals surface area contributed by atoms with E-state index in [0.717, 1.165) is 10.5 Å². The van der Waals surface area contributed by atoms with Crippen LogP contribution in [0, 0.1) is 6.92 Å². The van der Waals surface area contributed by atoms with Gasteiger partial charge in [-0.1, -0.05) is 41.6 Å². The number of imide groups is 1. The third-order valence-corrected chi connectivity index (χ3v) is 3.46. The molecule has 7 heteroatoms. The highest BCUT2D eigenvalue weighted by molar-refractivity contribution is 6.11. The van der Waals surface area contributed by atoms with Crippen LogP contribution in [0.2, 0.25) is 0 Å². The van der Waals surface area contributed by atoms with Crippen molar-refractivity contribution in [3.63, 3.8) is 0 Å². The van der Waals surface area contributed by atoms with Gasteiger partial charge in [-0.25, -0.2) is 9.59 Å². The van der Waals surface area contributed by atoms with E-state index < -0.39 is 23.4 Å². The maximum Gasteiger partial charge on any atom is 0.424 e. The monoisotopic (exact) mass is 400 g/mol. The lowest BCUT2D eigenvalue weighted by molar-refractivity contribution is 0.0430. The van der Waals surface area contributed by atoms with Crippen LogP contribution in [0.5, 0.6) is 0 Å². The number of aromatic nitrogens is 1. The van der Waals surface area contributed by atoms with Gasteiger partial charge in [-0.05, 0) is 60.1 Å². The lowest BCUT2D eigenvalue weighted by Crippen LogP contribution is -2.44. The highest BCUT2D eigenvalue weighted by atomic mass is 16.6. The fourth-order valence-electron chi connectivity index (χ4n) is 2.37. The molecule has 0 saturated heterocycles. The highest BCUT2D eigenvalue weighted by Gasteiger charge is 2.36. The summed E-state index contributed by atoms with van der Waals surface area (Å²) < 4.78 is 16.2. The smallest absolute Gasteiger partial charge is 0.424 e. The van der Waals surface area contributed by atoms with E-state index >= 15 is 0 Å². The first-order chi connectivity index (χ1) is 13.4. The van der Waals surface area contributed by atoms with Crippen LogP contribution in [0.4, 0.5) is 15.3 Å². The van der Waals surface area contributed by atoms with Gasteiger partial charge in [0.15, 0.2) is 5.76 Å². The highest BCUT2D eigenvalue weighted by Crippen LogP contribution is 2.30. The third kappa shape index (κ3) is 6.48. The number of amides is 2. The van der Waals surface area contributed by atoms with Crippen molar-refractivity contribution in [3.8, 4) is 0 Å². The predicted molar refractivity (Wildman–Crippen MR) is 112 cm³/mol. The van der Waals surface area contributed by atoms with Crippen LogP contribution in [0.3, 0.4) is 0 Å². The summed E-state index contributed by atoms with van der Waals surface area (Å²) in [6.07, 6.45) is 1.71. The molecule has 0 atom stereocenters. The normalized spacial score (nSPS) is 12.1. The molecule has 0 aliphatic rings. The second-order valence-electron chi connectivity index (χ2n) is 8.52. The van der Waals surface area contributed by atoms with E-state index in [0.29, 0.717) is 5.69 Å². The van der Waals surface area contributed by atoms with Gasteiger partial charge in [0.25, 0.3) is 0 Å². The standard InChI is InChI=1S/C22H28N2O5/c1-15-18(17(29-23-15)14-13-16-11-9-8-10-12-16)24(19(25)27-21(2,3)4)20(26)28-22(5,6)7/h8-14H,1-7H3/b14-13+. The van der Waals surface area contributed by atoms with E-state index in [1.807, 2.05) is 30.3 Å². The summed E-state index contributed by atoms with van der Waals surface area (Å²) in [5, 5.41) is 3.92. The van der Waals surface area contributed by atoms with Crippen molar-refractivity contribution >= 4 is 30.0 Å². The minimum Gasteiger partial charge on any atom is -0.443 e. The molecule has 0 radical (unpaired) electrons. The number of aryl methyl sites for hydroxylation is 1. The average molecular weight is 400 g/mol. The van der Waals surface area contributed by atoms with Gasteiger partial charge in [-0.15, -0.1) is 0 Å². The molecule has 1 aromatic carbocycles. The minimum absolute atomic E-state index is 0.181. The van der Waals surface area contributed by atoms with E-state index in [2.05, 4.69) is 5.16 Å². The molecule has 1 heterocycles. The van der Waals surface area contributed by atoms with Gasteiger partial charge in [0.05, 0.1) is 0 Å². The van der Waals surface area contributed by atoms with Crippen molar-refractivity contribution in [2.24, 2.45) is 0 Å². The van der Waals surface area contributed by atoms with Gasteiger partial charge in [0.2, 0.25) is 0 Å². The Labute approximate surface area is 171 Å². The molecule has 0 N–H and O–H groups in total. The first kappa shape index (κ1) is 22.2. The van der Waals surface area contributed by atoms with Crippen molar-refractivity contribution in [2.75, 3.05) is 4.90 Å². The Balaban J connectivity index is 2.47. The van der Waals surface area contributed by atoms with E-state index in [1.165, 1.54) is 0 Å². The molecule has 0 spiro atoms.